The smallest absolute Gasteiger partial charge is 0.289 e. The molecule has 3 rings (SSSR count). The van der Waals surface area contributed by atoms with Gasteiger partial charge < -0.3 is 16.0 Å². The van der Waals surface area contributed by atoms with E-state index in [-0.39, 0.29) is 5.56 Å². The van der Waals surface area contributed by atoms with Gasteiger partial charge in [0.25, 0.3) is 11.7 Å². The number of nitrogens with zero attached hydrogens (tertiary/aromatic N) is 3. The lowest BCUT2D eigenvalue weighted by Gasteiger charge is -2.14. The predicted molar refractivity (Wildman–Crippen MR) is 97.1 cm³/mol. The first-order valence-corrected chi connectivity index (χ1v) is 7.60. The van der Waals surface area contributed by atoms with Crippen molar-refractivity contribution in [1.82, 2.24) is 9.97 Å². The normalized spacial score (nSPS) is 10.5. The molecule has 3 N–H and O–H groups in total. The number of hydrogen-bond donors (Lipinski definition) is 2. The molecule has 0 saturated heterocycles. The molecule has 0 spiro atoms. The molecule has 126 valence electrons. The number of nitrogens with two attached hydrogens (primary N) is 1. The van der Waals surface area contributed by atoms with Crippen LogP contribution in [-0.2, 0) is 4.79 Å². The van der Waals surface area contributed by atoms with Gasteiger partial charge in [0.05, 0.1) is 0 Å². The van der Waals surface area contributed by atoms with E-state index in [1.165, 1.54) is 0 Å². The Morgan fingerprint density at radius 3 is 2.44 bits per heavy atom. The van der Waals surface area contributed by atoms with Gasteiger partial charge in [-0.05, 0) is 23.6 Å². The number of nitrogens with one attached hydrogen (secondary N) is 1. The number of anilines is 3. The monoisotopic (exact) mass is 335 g/mol. The lowest BCUT2D eigenvalue weighted by molar-refractivity contribution is -0.114. The quantitative estimate of drug-likeness (QED) is 0.547. The summed E-state index contributed by atoms with van der Waals surface area (Å²) < 4.78 is 0. The molecule has 0 bridgehead atoms. The van der Waals surface area contributed by atoms with Crippen LogP contribution in [0.2, 0.25) is 0 Å². The number of primary amides is 1. The zero-order valence-electron chi connectivity index (χ0n) is 13.9. The second kappa shape index (κ2) is 6.56. The van der Waals surface area contributed by atoms with Crippen molar-refractivity contribution in [2.45, 2.75) is 0 Å². The summed E-state index contributed by atoms with van der Waals surface area (Å²) >= 11 is 0. The van der Waals surface area contributed by atoms with Gasteiger partial charge >= 0.3 is 0 Å². The van der Waals surface area contributed by atoms with E-state index >= 15 is 0 Å². The van der Waals surface area contributed by atoms with Crippen LogP contribution < -0.4 is 16.0 Å². The maximum atomic E-state index is 12.0. The Kier molecular flexibility index (Phi) is 4.30. The molecular weight excluding hydrogens is 318 g/mol. The molecule has 0 aliphatic rings. The maximum Gasteiger partial charge on any atom is 0.289 e. The molecule has 0 unspecified atom stereocenters. The average Bonchev–Trinajstić information content (AvgIpc) is 2.61. The second-order valence-corrected chi connectivity index (χ2v) is 5.66. The first kappa shape index (κ1) is 16.4. The van der Waals surface area contributed by atoms with Crippen LogP contribution in [0.3, 0.4) is 0 Å². The molecule has 0 aliphatic carbocycles. The summed E-state index contributed by atoms with van der Waals surface area (Å²) in [6.07, 6.45) is 1.66. The van der Waals surface area contributed by atoms with Gasteiger partial charge in [-0.3, -0.25) is 9.59 Å². The molecule has 0 saturated carbocycles. The van der Waals surface area contributed by atoms with E-state index in [0.29, 0.717) is 17.2 Å². The Labute approximate surface area is 144 Å². The summed E-state index contributed by atoms with van der Waals surface area (Å²) in [5.41, 5.74) is 6.19. The van der Waals surface area contributed by atoms with Crippen molar-refractivity contribution in [1.29, 1.82) is 0 Å². The molecule has 0 atom stereocenters. The van der Waals surface area contributed by atoms with Crippen LogP contribution >= 0.6 is 0 Å². The fourth-order valence-electron chi connectivity index (χ4n) is 2.51. The Morgan fingerprint density at radius 1 is 1.04 bits per heavy atom. The van der Waals surface area contributed by atoms with Gasteiger partial charge in [-0.25, -0.2) is 4.98 Å². The Hall–Kier alpha value is -3.48. The van der Waals surface area contributed by atoms with Gasteiger partial charge in [-0.2, -0.15) is 4.98 Å². The molecule has 2 aromatic carbocycles. The highest BCUT2D eigenvalue weighted by Crippen LogP contribution is 2.29. The molecular formula is C18H17N5O2. The van der Waals surface area contributed by atoms with Crippen LogP contribution in [0.15, 0.2) is 48.7 Å². The number of benzene rings is 2. The molecule has 25 heavy (non-hydrogen) atoms. The zero-order valence-corrected chi connectivity index (χ0v) is 13.9. The van der Waals surface area contributed by atoms with E-state index in [9.17, 15) is 9.59 Å². The van der Waals surface area contributed by atoms with Gasteiger partial charge in [0.1, 0.15) is 5.82 Å². The molecule has 1 heterocycles. The van der Waals surface area contributed by atoms with Crippen LogP contribution in [-0.4, -0.2) is 35.8 Å². The van der Waals surface area contributed by atoms with E-state index < -0.39 is 11.7 Å². The first-order chi connectivity index (χ1) is 12.0. The average molecular weight is 335 g/mol. The molecule has 1 amide bonds. The molecule has 7 nitrogen and oxygen atoms in total. The van der Waals surface area contributed by atoms with Gasteiger partial charge in [0.15, 0.2) is 0 Å². The third-order valence-corrected chi connectivity index (χ3v) is 3.70. The van der Waals surface area contributed by atoms with E-state index in [2.05, 4.69) is 15.3 Å². The second-order valence-electron chi connectivity index (χ2n) is 5.66. The summed E-state index contributed by atoms with van der Waals surface area (Å²) in [7, 11) is 3.72. The van der Waals surface area contributed by atoms with E-state index in [0.717, 1.165) is 11.1 Å². The van der Waals surface area contributed by atoms with Crippen LogP contribution in [0, 0.1) is 0 Å². The third kappa shape index (κ3) is 3.25. The molecule has 3 aromatic rings. The highest BCUT2D eigenvalue weighted by Gasteiger charge is 2.17. The summed E-state index contributed by atoms with van der Waals surface area (Å²) in [6.45, 7) is 0. The number of ketones is 1. The number of Topliss-reactive ketones (excluding diaryl/α,β-unsaturated/α-hetero) is 1. The van der Waals surface area contributed by atoms with E-state index in [1.807, 2.05) is 26.2 Å². The molecule has 0 radical (unpaired) electrons. The minimum Gasteiger partial charge on any atom is -0.363 e. The number of carbonyl (C=O) groups is 2. The lowest BCUT2D eigenvalue weighted by atomic mass is 9.99. The number of aromatic nitrogens is 2. The molecule has 1 aromatic heterocycles. The number of rotatable bonds is 5. The first-order valence-electron chi connectivity index (χ1n) is 7.60. The third-order valence-electron chi connectivity index (χ3n) is 3.70. The van der Waals surface area contributed by atoms with E-state index in [1.54, 1.807) is 41.4 Å². The van der Waals surface area contributed by atoms with Crippen molar-refractivity contribution in [2.75, 3.05) is 24.3 Å². The number of amides is 1. The van der Waals surface area contributed by atoms with Crippen LogP contribution in [0.4, 0.5) is 17.5 Å². The summed E-state index contributed by atoms with van der Waals surface area (Å²) in [6, 6.07) is 12.4. The predicted octanol–water partition coefficient (Wildman–Crippen LogP) is 2.11. The fourth-order valence-corrected chi connectivity index (χ4v) is 2.51. The SMILES string of the molecule is CN(C)c1nccc(Nc2ccc(C(=O)C(N)=O)c3ccccc23)n1. The van der Waals surface area contributed by atoms with Crippen LogP contribution in [0.1, 0.15) is 10.4 Å². The van der Waals surface area contributed by atoms with Crippen molar-refractivity contribution in [3.8, 4) is 0 Å². The van der Waals surface area contributed by atoms with Crippen LogP contribution in [0.5, 0.6) is 0 Å². The summed E-state index contributed by atoms with van der Waals surface area (Å²) in [5.74, 6) is -0.482. The van der Waals surface area contributed by atoms with Crippen LogP contribution in [0.25, 0.3) is 10.8 Å². The van der Waals surface area contributed by atoms with E-state index in [4.69, 9.17) is 5.73 Å². The zero-order chi connectivity index (χ0) is 18.0. The Balaban J connectivity index is 2.06. The Bertz CT molecular complexity index is 969. The molecule has 0 fully saturated rings. The minimum atomic E-state index is -0.975. The van der Waals surface area contributed by atoms with Gasteiger partial charge in [0.2, 0.25) is 5.95 Å². The number of carbonyl (C=O) groups excluding carboxylic acids is 2. The number of hydrogen-bond acceptors (Lipinski definition) is 6. The minimum absolute atomic E-state index is 0.283. The van der Waals surface area contributed by atoms with Crippen molar-refractivity contribution < 1.29 is 9.59 Å². The topological polar surface area (TPSA) is 101 Å². The summed E-state index contributed by atoms with van der Waals surface area (Å²) in [4.78, 5) is 33.7. The Morgan fingerprint density at radius 2 is 1.76 bits per heavy atom. The highest BCUT2D eigenvalue weighted by molar-refractivity contribution is 6.44. The van der Waals surface area contributed by atoms with Gasteiger partial charge in [0, 0.05) is 36.9 Å². The molecule has 7 heteroatoms. The van der Waals surface area contributed by atoms with Gasteiger partial charge in [-0.1, -0.05) is 24.3 Å². The largest absolute Gasteiger partial charge is 0.363 e. The van der Waals surface area contributed by atoms with Crippen molar-refractivity contribution >= 4 is 39.9 Å². The van der Waals surface area contributed by atoms with Crippen molar-refractivity contribution in [3.05, 3.63) is 54.2 Å². The number of fused-ring (bicyclic) bond motifs is 1. The van der Waals surface area contributed by atoms with Crippen molar-refractivity contribution in [2.24, 2.45) is 5.73 Å². The molecule has 0 aliphatic heterocycles. The summed E-state index contributed by atoms with van der Waals surface area (Å²) in [5, 5.41) is 4.67. The standard InChI is InChI=1S/C18H17N5O2/c1-23(2)18-20-10-9-15(22-18)21-14-8-7-13(16(24)17(19)25)11-5-3-4-6-12(11)14/h3-10H,1-2H3,(H2,19,25)(H,20,21,22). The lowest BCUT2D eigenvalue weighted by Crippen LogP contribution is -2.23. The highest BCUT2D eigenvalue weighted by atomic mass is 16.2. The fraction of sp³-hybridized carbons (Fsp3) is 0.111. The maximum absolute atomic E-state index is 12.0. The van der Waals surface area contributed by atoms with Gasteiger partial charge in [-0.15, -0.1) is 0 Å². The van der Waals surface area contributed by atoms with Crippen molar-refractivity contribution in [3.63, 3.8) is 0 Å².